The van der Waals surface area contributed by atoms with Gasteiger partial charge in [0.15, 0.2) is 0 Å². The summed E-state index contributed by atoms with van der Waals surface area (Å²) in [5, 5.41) is 13.5. The summed E-state index contributed by atoms with van der Waals surface area (Å²) in [6.45, 7) is 2.46. The van der Waals surface area contributed by atoms with Crippen molar-refractivity contribution in [2.75, 3.05) is 13.1 Å². The Morgan fingerprint density at radius 1 is 1.25 bits per heavy atom. The molecular formula is C11H20N2O3. The molecule has 1 fully saturated rings. The van der Waals surface area contributed by atoms with Crippen molar-refractivity contribution in [1.29, 1.82) is 0 Å². The Kier molecular flexibility index (Phi) is 4.58. The summed E-state index contributed by atoms with van der Waals surface area (Å²) >= 11 is 0. The second kappa shape index (κ2) is 5.72. The lowest BCUT2D eigenvalue weighted by molar-refractivity contribution is -0.135. The zero-order valence-electron chi connectivity index (χ0n) is 9.71. The lowest BCUT2D eigenvalue weighted by Gasteiger charge is -2.27. The van der Waals surface area contributed by atoms with Gasteiger partial charge < -0.3 is 15.7 Å². The largest absolute Gasteiger partial charge is 0.480 e. The molecule has 3 N–H and O–H groups in total. The first-order valence-corrected chi connectivity index (χ1v) is 5.81. The van der Waals surface area contributed by atoms with Gasteiger partial charge in [0, 0.05) is 6.54 Å². The first-order chi connectivity index (χ1) is 7.58. The van der Waals surface area contributed by atoms with Crippen molar-refractivity contribution >= 4 is 12.0 Å². The predicted molar refractivity (Wildman–Crippen MR) is 60.2 cm³/mol. The highest BCUT2D eigenvalue weighted by atomic mass is 16.4. The summed E-state index contributed by atoms with van der Waals surface area (Å²) in [6.07, 6.45) is 5.83. The maximum absolute atomic E-state index is 11.3. The van der Waals surface area contributed by atoms with E-state index in [0.29, 0.717) is 6.54 Å². The van der Waals surface area contributed by atoms with Crippen molar-refractivity contribution in [3.63, 3.8) is 0 Å². The minimum absolute atomic E-state index is 0.237. The molecule has 0 aromatic heterocycles. The molecule has 92 valence electrons. The molecule has 5 heteroatoms. The molecule has 0 saturated heterocycles. The van der Waals surface area contributed by atoms with Crippen LogP contribution in [-0.4, -0.2) is 30.2 Å². The number of urea groups is 1. The minimum Gasteiger partial charge on any atom is -0.480 e. The fourth-order valence-electron chi connectivity index (χ4n) is 2.27. The summed E-state index contributed by atoms with van der Waals surface area (Å²) < 4.78 is 0. The molecule has 2 amide bonds. The van der Waals surface area contributed by atoms with Crippen molar-refractivity contribution in [2.45, 2.75) is 39.0 Å². The third-order valence-corrected chi connectivity index (χ3v) is 3.44. The minimum atomic E-state index is -1.03. The second-order valence-electron chi connectivity index (χ2n) is 4.49. The second-order valence-corrected chi connectivity index (χ2v) is 4.49. The molecule has 16 heavy (non-hydrogen) atoms. The molecule has 1 aliphatic rings. The van der Waals surface area contributed by atoms with E-state index in [1.807, 2.05) is 0 Å². The number of carboxylic acid groups (broad SMARTS) is 1. The summed E-state index contributed by atoms with van der Waals surface area (Å²) in [5.74, 6) is -1.03. The van der Waals surface area contributed by atoms with Crippen LogP contribution in [0, 0.1) is 5.41 Å². The molecular weight excluding hydrogens is 208 g/mol. The third kappa shape index (κ3) is 3.72. The van der Waals surface area contributed by atoms with Gasteiger partial charge in [0.05, 0.1) is 0 Å². The van der Waals surface area contributed by atoms with Gasteiger partial charge in [-0.3, -0.25) is 4.79 Å². The third-order valence-electron chi connectivity index (χ3n) is 3.44. The molecule has 0 unspecified atom stereocenters. The van der Waals surface area contributed by atoms with Gasteiger partial charge in [-0.15, -0.1) is 0 Å². The lowest BCUT2D eigenvalue weighted by Crippen LogP contribution is -2.43. The van der Waals surface area contributed by atoms with Crippen molar-refractivity contribution in [2.24, 2.45) is 5.41 Å². The van der Waals surface area contributed by atoms with Crippen LogP contribution in [0.3, 0.4) is 0 Å². The van der Waals surface area contributed by atoms with Gasteiger partial charge in [-0.05, 0) is 24.7 Å². The van der Waals surface area contributed by atoms with Gasteiger partial charge in [-0.25, -0.2) is 4.79 Å². The van der Waals surface area contributed by atoms with E-state index in [4.69, 9.17) is 5.11 Å². The van der Waals surface area contributed by atoms with E-state index in [0.717, 1.165) is 19.3 Å². The Labute approximate surface area is 95.6 Å². The molecule has 1 rings (SSSR count). The fraction of sp³-hybridized carbons (Fsp3) is 0.818. The zero-order chi connectivity index (χ0) is 12.0. The predicted octanol–water partition coefficient (Wildman–Crippen LogP) is 1.34. The highest BCUT2D eigenvalue weighted by Crippen LogP contribution is 2.40. The maximum Gasteiger partial charge on any atom is 0.323 e. The van der Waals surface area contributed by atoms with Crippen LogP contribution in [0.4, 0.5) is 4.79 Å². The molecule has 0 aromatic carbocycles. The molecule has 0 aromatic rings. The van der Waals surface area contributed by atoms with E-state index in [1.54, 1.807) is 0 Å². The van der Waals surface area contributed by atoms with Crippen LogP contribution in [0.5, 0.6) is 0 Å². The van der Waals surface area contributed by atoms with E-state index in [-0.39, 0.29) is 18.0 Å². The number of carboxylic acids is 1. The number of nitrogens with one attached hydrogen (secondary N) is 2. The highest BCUT2D eigenvalue weighted by molar-refractivity contribution is 5.79. The van der Waals surface area contributed by atoms with E-state index >= 15 is 0 Å². The summed E-state index contributed by atoms with van der Waals surface area (Å²) in [7, 11) is 0. The topological polar surface area (TPSA) is 78.4 Å². The molecule has 1 saturated carbocycles. The van der Waals surface area contributed by atoms with Crippen LogP contribution in [0.15, 0.2) is 0 Å². The highest BCUT2D eigenvalue weighted by Gasteiger charge is 2.32. The number of carbonyl (C=O) groups excluding carboxylic acids is 1. The van der Waals surface area contributed by atoms with Crippen molar-refractivity contribution in [3.05, 3.63) is 0 Å². The van der Waals surface area contributed by atoms with Gasteiger partial charge >= 0.3 is 12.0 Å². The molecule has 5 nitrogen and oxygen atoms in total. The molecule has 0 aliphatic heterocycles. The molecule has 0 atom stereocenters. The van der Waals surface area contributed by atoms with Gasteiger partial charge in [0.25, 0.3) is 0 Å². The number of carbonyl (C=O) groups is 2. The Hall–Kier alpha value is -1.26. The van der Waals surface area contributed by atoms with E-state index in [9.17, 15) is 9.59 Å². The number of hydrogen-bond donors (Lipinski definition) is 3. The van der Waals surface area contributed by atoms with E-state index in [2.05, 4.69) is 17.6 Å². The molecule has 0 radical (unpaired) electrons. The summed E-state index contributed by atoms with van der Waals surface area (Å²) in [6, 6.07) is -0.387. The van der Waals surface area contributed by atoms with Crippen molar-refractivity contribution in [3.8, 4) is 0 Å². The van der Waals surface area contributed by atoms with Crippen LogP contribution in [0.1, 0.15) is 39.0 Å². The maximum atomic E-state index is 11.3. The number of hydrogen-bond acceptors (Lipinski definition) is 2. The first kappa shape index (κ1) is 12.8. The quantitative estimate of drug-likeness (QED) is 0.664. The van der Waals surface area contributed by atoms with Crippen LogP contribution >= 0.6 is 0 Å². The van der Waals surface area contributed by atoms with Crippen LogP contribution in [-0.2, 0) is 4.79 Å². The normalized spacial score (nSPS) is 18.1. The number of amides is 2. The van der Waals surface area contributed by atoms with E-state index < -0.39 is 5.97 Å². The average Bonchev–Trinajstić information content (AvgIpc) is 2.73. The first-order valence-electron chi connectivity index (χ1n) is 5.81. The smallest absolute Gasteiger partial charge is 0.323 e. The molecule has 0 heterocycles. The Morgan fingerprint density at radius 2 is 1.88 bits per heavy atom. The SMILES string of the molecule is CCC1(CNC(=O)NCC(=O)O)CCCC1. The Morgan fingerprint density at radius 3 is 2.38 bits per heavy atom. The van der Waals surface area contributed by atoms with E-state index in [1.165, 1.54) is 12.8 Å². The Balaban J connectivity index is 2.27. The summed E-state index contributed by atoms with van der Waals surface area (Å²) in [5.41, 5.74) is 0.237. The fourth-order valence-corrected chi connectivity index (χ4v) is 2.27. The van der Waals surface area contributed by atoms with Crippen LogP contribution < -0.4 is 10.6 Å². The van der Waals surface area contributed by atoms with Crippen LogP contribution in [0.25, 0.3) is 0 Å². The molecule has 0 spiro atoms. The summed E-state index contributed by atoms with van der Waals surface area (Å²) in [4.78, 5) is 21.5. The number of aliphatic carboxylic acids is 1. The molecule has 1 aliphatic carbocycles. The lowest BCUT2D eigenvalue weighted by atomic mass is 9.83. The van der Waals surface area contributed by atoms with Crippen molar-refractivity contribution in [1.82, 2.24) is 10.6 Å². The van der Waals surface area contributed by atoms with Gasteiger partial charge in [-0.2, -0.15) is 0 Å². The average molecular weight is 228 g/mol. The standard InChI is InChI=1S/C11H20N2O3/c1-2-11(5-3-4-6-11)8-13-10(16)12-7-9(14)15/h2-8H2,1H3,(H,14,15)(H2,12,13,16). The van der Waals surface area contributed by atoms with Gasteiger partial charge in [0.1, 0.15) is 6.54 Å². The number of rotatable bonds is 5. The van der Waals surface area contributed by atoms with Crippen LogP contribution in [0.2, 0.25) is 0 Å². The van der Waals surface area contributed by atoms with Gasteiger partial charge in [0.2, 0.25) is 0 Å². The Bertz CT molecular complexity index is 260. The monoisotopic (exact) mass is 228 g/mol. The van der Waals surface area contributed by atoms with Gasteiger partial charge in [-0.1, -0.05) is 19.8 Å². The molecule has 0 bridgehead atoms. The zero-order valence-corrected chi connectivity index (χ0v) is 9.71. The van der Waals surface area contributed by atoms with Crippen molar-refractivity contribution < 1.29 is 14.7 Å².